The van der Waals surface area contributed by atoms with Gasteiger partial charge in [0.1, 0.15) is 10.8 Å². The lowest BCUT2D eigenvalue weighted by Gasteiger charge is -2.12. The van der Waals surface area contributed by atoms with E-state index in [1.54, 1.807) is 6.26 Å². The van der Waals surface area contributed by atoms with Gasteiger partial charge in [-0.3, -0.25) is 10.1 Å². The SMILES string of the molecule is CS/C(=C\[N+](=O)[O-])NCCCOc1cccc(CN(C)C)c1. The average molecular weight is 325 g/mol. The van der Waals surface area contributed by atoms with Gasteiger partial charge >= 0.3 is 0 Å². The van der Waals surface area contributed by atoms with E-state index in [9.17, 15) is 10.1 Å². The lowest BCUT2D eigenvalue weighted by Crippen LogP contribution is -2.16. The van der Waals surface area contributed by atoms with Crippen molar-refractivity contribution < 1.29 is 9.66 Å². The van der Waals surface area contributed by atoms with Crippen molar-refractivity contribution in [3.05, 3.63) is 51.2 Å². The van der Waals surface area contributed by atoms with Gasteiger partial charge in [-0.1, -0.05) is 12.1 Å². The quantitative estimate of drug-likeness (QED) is 0.405. The third kappa shape index (κ3) is 7.90. The van der Waals surface area contributed by atoms with E-state index >= 15 is 0 Å². The van der Waals surface area contributed by atoms with Gasteiger partial charge in [0.25, 0.3) is 6.20 Å². The molecule has 0 heterocycles. The lowest BCUT2D eigenvalue weighted by molar-refractivity contribution is -0.403. The van der Waals surface area contributed by atoms with E-state index < -0.39 is 4.92 Å². The summed E-state index contributed by atoms with van der Waals surface area (Å²) in [6, 6.07) is 8.03. The van der Waals surface area contributed by atoms with Crippen molar-refractivity contribution in [1.82, 2.24) is 10.2 Å². The van der Waals surface area contributed by atoms with Crippen molar-refractivity contribution in [2.45, 2.75) is 13.0 Å². The molecule has 122 valence electrons. The normalized spacial score (nSPS) is 11.5. The summed E-state index contributed by atoms with van der Waals surface area (Å²) in [5, 5.41) is 14.0. The van der Waals surface area contributed by atoms with Gasteiger partial charge in [0.2, 0.25) is 0 Å². The fraction of sp³-hybridized carbons (Fsp3) is 0.467. The van der Waals surface area contributed by atoms with E-state index in [1.165, 1.54) is 17.3 Å². The van der Waals surface area contributed by atoms with Crippen molar-refractivity contribution in [2.75, 3.05) is 33.5 Å². The molecule has 0 unspecified atom stereocenters. The predicted molar refractivity (Wildman–Crippen MR) is 90.5 cm³/mol. The maximum absolute atomic E-state index is 10.4. The van der Waals surface area contributed by atoms with Gasteiger partial charge in [-0.25, -0.2) is 0 Å². The summed E-state index contributed by atoms with van der Waals surface area (Å²) in [5.74, 6) is 0.852. The van der Waals surface area contributed by atoms with Crippen LogP contribution >= 0.6 is 11.8 Å². The number of benzene rings is 1. The number of nitrogens with zero attached hydrogens (tertiary/aromatic N) is 2. The zero-order chi connectivity index (χ0) is 16.4. The highest BCUT2D eigenvalue weighted by atomic mass is 32.2. The number of hydrogen-bond donors (Lipinski definition) is 1. The van der Waals surface area contributed by atoms with Crippen LogP contribution in [0.5, 0.6) is 5.75 Å². The first-order valence-electron chi connectivity index (χ1n) is 7.01. The average Bonchev–Trinajstić information content (AvgIpc) is 2.45. The smallest absolute Gasteiger partial charge is 0.263 e. The zero-order valence-corrected chi connectivity index (χ0v) is 14.1. The third-order valence-electron chi connectivity index (χ3n) is 2.73. The summed E-state index contributed by atoms with van der Waals surface area (Å²) >= 11 is 1.32. The van der Waals surface area contributed by atoms with E-state index in [1.807, 2.05) is 32.3 Å². The topological polar surface area (TPSA) is 67.6 Å². The summed E-state index contributed by atoms with van der Waals surface area (Å²) in [6.07, 6.45) is 3.55. The summed E-state index contributed by atoms with van der Waals surface area (Å²) in [7, 11) is 4.06. The Kier molecular flexibility index (Phi) is 8.39. The molecule has 22 heavy (non-hydrogen) atoms. The van der Waals surface area contributed by atoms with Gasteiger partial charge in [0.05, 0.1) is 11.5 Å². The van der Waals surface area contributed by atoms with Crippen LogP contribution in [0.15, 0.2) is 35.5 Å². The number of nitro groups is 1. The van der Waals surface area contributed by atoms with Crippen molar-refractivity contribution >= 4 is 11.8 Å². The third-order valence-corrected chi connectivity index (χ3v) is 3.42. The van der Waals surface area contributed by atoms with Crippen molar-refractivity contribution in [1.29, 1.82) is 0 Å². The molecular weight excluding hydrogens is 302 g/mol. The van der Waals surface area contributed by atoms with Crippen LogP contribution in [0.2, 0.25) is 0 Å². The van der Waals surface area contributed by atoms with Crippen molar-refractivity contribution in [2.24, 2.45) is 0 Å². The van der Waals surface area contributed by atoms with Crippen LogP contribution in [0.4, 0.5) is 0 Å². The molecule has 0 radical (unpaired) electrons. The largest absolute Gasteiger partial charge is 0.494 e. The standard InChI is InChI=1S/C15H23N3O3S/c1-17(2)11-13-6-4-7-14(10-13)21-9-5-8-16-15(22-3)12-18(19)20/h4,6-7,10,12,16H,5,8-9,11H2,1-3H3/b15-12-. The van der Waals surface area contributed by atoms with E-state index in [0.717, 1.165) is 24.9 Å². The molecule has 0 aliphatic rings. The first-order valence-corrected chi connectivity index (χ1v) is 8.23. The number of nitrogens with one attached hydrogen (secondary N) is 1. The molecule has 0 aliphatic heterocycles. The van der Waals surface area contributed by atoms with Gasteiger partial charge in [0, 0.05) is 13.1 Å². The monoisotopic (exact) mass is 325 g/mol. The molecule has 0 saturated heterocycles. The minimum atomic E-state index is -0.453. The number of ether oxygens (including phenoxy) is 1. The molecule has 0 spiro atoms. The molecule has 1 aromatic carbocycles. The highest BCUT2D eigenvalue weighted by molar-refractivity contribution is 8.02. The van der Waals surface area contributed by atoms with Gasteiger partial charge in [-0.2, -0.15) is 0 Å². The molecular formula is C15H23N3O3S. The molecule has 0 bridgehead atoms. The van der Waals surface area contributed by atoms with Gasteiger partial charge in [-0.15, -0.1) is 11.8 Å². The predicted octanol–water partition coefficient (Wildman–Crippen LogP) is 2.55. The number of thioether (sulfide) groups is 1. The van der Waals surface area contributed by atoms with Crippen LogP contribution < -0.4 is 10.1 Å². The maximum atomic E-state index is 10.4. The maximum Gasteiger partial charge on any atom is 0.263 e. The van der Waals surface area contributed by atoms with Gasteiger partial charge < -0.3 is 15.0 Å². The molecule has 0 saturated carbocycles. The van der Waals surface area contributed by atoms with Crippen LogP contribution in [0, 0.1) is 10.1 Å². The van der Waals surface area contributed by atoms with Crippen LogP contribution in [0.1, 0.15) is 12.0 Å². The van der Waals surface area contributed by atoms with Crippen LogP contribution in [0.3, 0.4) is 0 Å². The minimum absolute atomic E-state index is 0.453. The Hall–Kier alpha value is -1.73. The molecule has 0 aromatic heterocycles. The Bertz CT molecular complexity index is 507. The Morgan fingerprint density at radius 2 is 2.27 bits per heavy atom. The first kappa shape index (κ1) is 18.3. The van der Waals surface area contributed by atoms with E-state index in [0.29, 0.717) is 18.2 Å². The van der Waals surface area contributed by atoms with Crippen LogP contribution in [-0.2, 0) is 6.54 Å². The van der Waals surface area contributed by atoms with Gasteiger partial charge in [0.15, 0.2) is 0 Å². The molecule has 6 nitrogen and oxygen atoms in total. The second-order valence-corrected chi connectivity index (χ2v) is 5.84. The van der Waals surface area contributed by atoms with Gasteiger partial charge in [-0.05, 0) is 44.5 Å². The van der Waals surface area contributed by atoms with Crippen molar-refractivity contribution in [3.63, 3.8) is 0 Å². The molecule has 0 atom stereocenters. The Balaban J connectivity index is 2.31. The first-order chi connectivity index (χ1) is 10.5. The molecule has 1 N–H and O–H groups in total. The molecule has 0 amide bonds. The van der Waals surface area contributed by atoms with E-state index in [2.05, 4.69) is 16.3 Å². The number of hydrogen-bond acceptors (Lipinski definition) is 6. The Morgan fingerprint density at radius 1 is 1.50 bits per heavy atom. The summed E-state index contributed by atoms with van der Waals surface area (Å²) in [4.78, 5) is 12.1. The molecule has 0 fully saturated rings. The second-order valence-electron chi connectivity index (χ2n) is 5.00. The second kappa shape index (κ2) is 10.1. The zero-order valence-electron chi connectivity index (χ0n) is 13.2. The fourth-order valence-corrected chi connectivity index (χ4v) is 2.28. The molecule has 1 rings (SSSR count). The Morgan fingerprint density at radius 3 is 2.91 bits per heavy atom. The van der Waals surface area contributed by atoms with Crippen LogP contribution in [0.25, 0.3) is 0 Å². The van der Waals surface area contributed by atoms with Crippen molar-refractivity contribution in [3.8, 4) is 5.75 Å². The number of rotatable bonds is 10. The lowest BCUT2D eigenvalue weighted by atomic mass is 10.2. The Labute approximate surface area is 135 Å². The highest BCUT2D eigenvalue weighted by Crippen LogP contribution is 2.14. The van der Waals surface area contributed by atoms with E-state index in [4.69, 9.17) is 4.74 Å². The molecule has 1 aromatic rings. The molecule has 7 heteroatoms. The fourth-order valence-electron chi connectivity index (χ4n) is 1.84. The summed E-state index contributed by atoms with van der Waals surface area (Å²) < 4.78 is 5.71. The highest BCUT2D eigenvalue weighted by Gasteiger charge is 2.01. The summed E-state index contributed by atoms with van der Waals surface area (Å²) in [6.45, 7) is 2.08. The van der Waals surface area contributed by atoms with E-state index in [-0.39, 0.29) is 0 Å². The summed E-state index contributed by atoms with van der Waals surface area (Å²) in [5.41, 5.74) is 1.21. The molecule has 0 aliphatic carbocycles. The minimum Gasteiger partial charge on any atom is -0.494 e. The van der Waals surface area contributed by atoms with Crippen LogP contribution in [-0.4, -0.2) is 43.3 Å².